The third-order valence-corrected chi connectivity index (χ3v) is 4.43. The molecule has 0 saturated heterocycles. The standard InChI is InChI=1S/C11H16BrNS/c1-11(2,3)10-9-7(4-5-13-10)6-8(12)14-9/h6,10,13H,4-5H2,1-3H3. The first kappa shape index (κ1) is 10.7. The smallest absolute Gasteiger partial charge is 0.0704 e. The molecule has 1 aliphatic rings. The van der Waals surface area contributed by atoms with Crippen LogP contribution in [0.4, 0.5) is 0 Å². The highest BCUT2D eigenvalue weighted by Gasteiger charge is 2.31. The minimum Gasteiger partial charge on any atom is -0.308 e. The van der Waals surface area contributed by atoms with Crippen molar-refractivity contribution < 1.29 is 0 Å². The molecule has 1 N–H and O–H groups in total. The third-order valence-electron chi connectivity index (χ3n) is 2.68. The van der Waals surface area contributed by atoms with Gasteiger partial charge in [-0.1, -0.05) is 20.8 Å². The molecular formula is C11H16BrNS. The van der Waals surface area contributed by atoms with Gasteiger partial charge in [0.15, 0.2) is 0 Å². The van der Waals surface area contributed by atoms with E-state index in [2.05, 4.69) is 48.1 Å². The fourth-order valence-electron chi connectivity index (χ4n) is 1.99. The molecule has 0 saturated carbocycles. The molecule has 78 valence electrons. The number of hydrogen-bond donors (Lipinski definition) is 1. The summed E-state index contributed by atoms with van der Waals surface area (Å²) in [6.45, 7) is 8.01. The monoisotopic (exact) mass is 273 g/mol. The Morgan fingerprint density at radius 1 is 1.50 bits per heavy atom. The summed E-state index contributed by atoms with van der Waals surface area (Å²) in [5.74, 6) is 0. The molecule has 1 nitrogen and oxygen atoms in total. The normalized spacial score (nSPS) is 22.1. The first-order valence-electron chi connectivity index (χ1n) is 5.00. The molecular weight excluding hydrogens is 258 g/mol. The fraction of sp³-hybridized carbons (Fsp3) is 0.636. The van der Waals surface area contributed by atoms with Gasteiger partial charge in [-0.05, 0) is 45.9 Å². The highest BCUT2D eigenvalue weighted by atomic mass is 79.9. The molecule has 0 spiro atoms. The summed E-state index contributed by atoms with van der Waals surface area (Å²) in [7, 11) is 0. The number of hydrogen-bond acceptors (Lipinski definition) is 2. The van der Waals surface area contributed by atoms with Crippen LogP contribution in [0.25, 0.3) is 0 Å². The predicted octanol–water partition coefficient (Wildman–Crippen LogP) is 3.74. The van der Waals surface area contributed by atoms with E-state index in [0.717, 1.165) is 6.54 Å². The van der Waals surface area contributed by atoms with E-state index in [-0.39, 0.29) is 0 Å². The minimum atomic E-state index is 0.305. The summed E-state index contributed by atoms with van der Waals surface area (Å²) in [6.07, 6.45) is 1.17. The van der Waals surface area contributed by atoms with Gasteiger partial charge < -0.3 is 5.32 Å². The SMILES string of the molecule is CC(C)(C)C1NCCc2cc(Br)sc21. The topological polar surface area (TPSA) is 12.0 Å². The molecule has 1 unspecified atom stereocenters. The predicted molar refractivity (Wildman–Crippen MR) is 65.9 cm³/mol. The Kier molecular flexibility index (Phi) is 2.75. The molecule has 0 aliphatic carbocycles. The Labute approximate surface area is 98.0 Å². The van der Waals surface area contributed by atoms with Gasteiger partial charge >= 0.3 is 0 Å². The Morgan fingerprint density at radius 2 is 2.21 bits per heavy atom. The van der Waals surface area contributed by atoms with Crippen LogP contribution in [0.15, 0.2) is 9.85 Å². The van der Waals surface area contributed by atoms with E-state index >= 15 is 0 Å². The lowest BCUT2D eigenvalue weighted by Gasteiger charge is -2.34. The van der Waals surface area contributed by atoms with Crippen molar-refractivity contribution in [3.63, 3.8) is 0 Å². The third kappa shape index (κ3) is 1.90. The summed E-state index contributed by atoms with van der Waals surface area (Å²) in [5, 5.41) is 3.62. The van der Waals surface area contributed by atoms with Crippen LogP contribution in [-0.4, -0.2) is 6.54 Å². The van der Waals surface area contributed by atoms with E-state index in [9.17, 15) is 0 Å². The van der Waals surface area contributed by atoms with Gasteiger partial charge in [0.1, 0.15) is 0 Å². The van der Waals surface area contributed by atoms with E-state index in [4.69, 9.17) is 0 Å². The molecule has 0 radical (unpaired) electrons. The van der Waals surface area contributed by atoms with Gasteiger partial charge in [0, 0.05) is 10.9 Å². The van der Waals surface area contributed by atoms with Crippen LogP contribution in [0, 0.1) is 5.41 Å². The molecule has 2 heterocycles. The first-order chi connectivity index (χ1) is 6.48. The van der Waals surface area contributed by atoms with Crippen molar-refractivity contribution in [3.8, 4) is 0 Å². The molecule has 2 rings (SSSR count). The average Bonchev–Trinajstić information content (AvgIpc) is 2.41. The highest BCUT2D eigenvalue weighted by Crippen LogP contribution is 2.42. The lowest BCUT2D eigenvalue weighted by Crippen LogP contribution is -2.36. The molecule has 1 atom stereocenters. The summed E-state index contributed by atoms with van der Waals surface area (Å²) >= 11 is 5.46. The largest absolute Gasteiger partial charge is 0.308 e. The molecule has 0 fully saturated rings. The van der Waals surface area contributed by atoms with Crippen molar-refractivity contribution in [2.75, 3.05) is 6.54 Å². The Balaban J connectivity index is 2.40. The van der Waals surface area contributed by atoms with Crippen molar-refractivity contribution in [1.82, 2.24) is 5.32 Å². The highest BCUT2D eigenvalue weighted by molar-refractivity contribution is 9.11. The lowest BCUT2D eigenvalue weighted by atomic mass is 9.83. The van der Waals surface area contributed by atoms with Crippen LogP contribution in [-0.2, 0) is 6.42 Å². The molecule has 0 aromatic carbocycles. The number of halogens is 1. The summed E-state index contributed by atoms with van der Waals surface area (Å²) < 4.78 is 1.26. The van der Waals surface area contributed by atoms with Crippen molar-refractivity contribution in [2.24, 2.45) is 5.41 Å². The Bertz CT molecular complexity index is 338. The van der Waals surface area contributed by atoms with Crippen molar-refractivity contribution in [3.05, 3.63) is 20.3 Å². The molecule has 0 bridgehead atoms. The summed E-state index contributed by atoms with van der Waals surface area (Å²) in [4.78, 5) is 1.52. The minimum absolute atomic E-state index is 0.305. The maximum atomic E-state index is 3.62. The molecule has 1 aromatic heterocycles. The number of fused-ring (bicyclic) bond motifs is 1. The van der Waals surface area contributed by atoms with E-state index in [1.54, 1.807) is 0 Å². The van der Waals surface area contributed by atoms with Crippen molar-refractivity contribution in [1.29, 1.82) is 0 Å². The quantitative estimate of drug-likeness (QED) is 0.760. The van der Waals surface area contributed by atoms with Crippen LogP contribution in [0.2, 0.25) is 0 Å². The lowest BCUT2D eigenvalue weighted by molar-refractivity contribution is 0.268. The second kappa shape index (κ2) is 3.62. The zero-order valence-electron chi connectivity index (χ0n) is 8.86. The van der Waals surface area contributed by atoms with Gasteiger partial charge in [-0.3, -0.25) is 0 Å². The van der Waals surface area contributed by atoms with Gasteiger partial charge in [-0.15, -0.1) is 11.3 Å². The maximum Gasteiger partial charge on any atom is 0.0704 e. The average molecular weight is 274 g/mol. The number of rotatable bonds is 0. The van der Waals surface area contributed by atoms with Gasteiger partial charge in [0.05, 0.1) is 3.79 Å². The van der Waals surface area contributed by atoms with Gasteiger partial charge in [0.25, 0.3) is 0 Å². The Hall–Kier alpha value is 0.140. The van der Waals surface area contributed by atoms with Crippen molar-refractivity contribution >= 4 is 27.3 Å². The van der Waals surface area contributed by atoms with Crippen LogP contribution >= 0.6 is 27.3 Å². The zero-order chi connectivity index (χ0) is 10.3. The second-order valence-electron chi connectivity index (χ2n) is 4.94. The Morgan fingerprint density at radius 3 is 2.86 bits per heavy atom. The van der Waals surface area contributed by atoms with Gasteiger partial charge in [0.2, 0.25) is 0 Å². The van der Waals surface area contributed by atoms with Crippen molar-refractivity contribution in [2.45, 2.75) is 33.2 Å². The second-order valence-corrected chi connectivity index (χ2v) is 7.41. The van der Waals surface area contributed by atoms with Crippen LogP contribution < -0.4 is 5.32 Å². The van der Waals surface area contributed by atoms with Gasteiger partial charge in [-0.25, -0.2) is 0 Å². The molecule has 1 aromatic rings. The van der Waals surface area contributed by atoms with E-state index in [0.29, 0.717) is 11.5 Å². The van der Waals surface area contributed by atoms with Crippen LogP contribution in [0.5, 0.6) is 0 Å². The molecule has 1 aliphatic heterocycles. The van der Waals surface area contributed by atoms with Crippen LogP contribution in [0.1, 0.15) is 37.3 Å². The summed E-state index contributed by atoms with van der Waals surface area (Å²) in [5.41, 5.74) is 1.83. The van der Waals surface area contributed by atoms with E-state index < -0.39 is 0 Å². The zero-order valence-corrected chi connectivity index (χ0v) is 11.3. The number of thiophene rings is 1. The summed E-state index contributed by atoms with van der Waals surface area (Å²) in [6, 6.07) is 2.79. The number of nitrogens with one attached hydrogen (secondary N) is 1. The maximum absolute atomic E-state index is 3.62. The molecule has 3 heteroatoms. The fourth-order valence-corrected chi connectivity index (χ4v) is 4.05. The van der Waals surface area contributed by atoms with E-state index in [1.165, 1.54) is 20.6 Å². The van der Waals surface area contributed by atoms with Crippen LogP contribution in [0.3, 0.4) is 0 Å². The van der Waals surface area contributed by atoms with E-state index in [1.807, 2.05) is 11.3 Å². The van der Waals surface area contributed by atoms with Gasteiger partial charge in [-0.2, -0.15) is 0 Å². The molecule has 14 heavy (non-hydrogen) atoms. The molecule has 0 amide bonds. The first-order valence-corrected chi connectivity index (χ1v) is 6.61.